The summed E-state index contributed by atoms with van der Waals surface area (Å²) in [4.78, 5) is 3.52. The molecule has 0 aromatic carbocycles. The Hall–Kier alpha value is -2.05. The smallest absolute Gasteiger partial charge is 0.370 e. The zero-order chi connectivity index (χ0) is 13.7. The van der Waals surface area contributed by atoms with Gasteiger partial charge in [-0.05, 0) is 24.6 Å². The molecule has 0 aliphatic carbocycles. The highest BCUT2D eigenvalue weighted by atomic mass is 19.4. The van der Waals surface area contributed by atoms with E-state index in [4.69, 9.17) is 0 Å². The predicted molar refractivity (Wildman–Crippen MR) is 64.6 cm³/mol. The third-order valence-electron chi connectivity index (χ3n) is 2.47. The van der Waals surface area contributed by atoms with Crippen molar-refractivity contribution in [3.63, 3.8) is 0 Å². The number of aryl methyl sites for hydroxylation is 1. The average Bonchev–Trinajstić information content (AvgIpc) is 2.87. The maximum atomic E-state index is 12.4. The first kappa shape index (κ1) is 13.4. The molecule has 102 valence electrons. The average molecular weight is 270 g/mol. The predicted octanol–water partition coefficient (Wildman–Crippen LogP) is 2.80. The van der Waals surface area contributed by atoms with Gasteiger partial charge in [0, 0.05) is 25.5 Å². The fourth-order valence-electron chi connectivity index (χ4n) is 1.58. The van der Waals surface area contributed by atoms with Gasteiger partial charge in [-0.2, -0.15) is 18.3 Å². The van der Waals surface area contributed by atoms with Crippen molar-refractivity contribution in [1.82, 2.24) is 14.8 Å². The van der Waals surface area contributed by atoms with Crippen LogP contribution in [0.1, 0.15) is 12.1 Å². The summed E-state index contributed by atoms with van der Waals surface area (Å²) in [6.07, 6.45) is -0.142. The number of aromatic nitrogens is 3. The minimum atomic E-state index is -4.41. The summed E-state index contributed by atoms with van der Waals surface area (Å²) in [6.45, 7) is 1.24. The van der Waals surface area contributed by atoms with Gasteiger partial charge < -0.3 is 5.32 Å². The zero-order valence-electron chi connectivity index (χ0n) is 10.1. The van der Waals surface area contributed by atoms with Gasteiger partial charge in [0.15, 0.2) is 0 Å². The molecule has 0 saturated carbocycles. The van der Waals surface area contributed by atoms with Crippen LogP contribution in [0.5, 0.6) is 0 Å². The fourth-order valence-corrected chi connectivity index (χ4v) is 1.58. The number of pyridine rings is 1. The van der Waals surface area contributed by atoms with Gasteiger partial charge in [-0.1, -0.05) is 6.07 Å². The maximum absolute atomic E-state index is 12.4. The second-order valence-corrected chi connectivity index (χ2v) is 3.96. The Balaban J connectivity index is 1.83. The molecule has 0 atom stereocenters. The quantitative estimate of drug-likeness (QED) is 0.849. The molecule has 2 aromatic heterocycles. The molecule has 2 heterocycles. The normalized spacial score (nSPS) is 11.5. The first-order valence-electron chi connectivity index (χ1n) is 5.81. The Morgan fingerprint density at radius 2 is 2.05 bits per heavy atom. The molecule has 0 amide bonds. The summed E-state index contributed by atoms with van der Waals surface area (Å²) < 4.78 is 39.1. The van der Waals surface area contributed by atoms with E-state index >= 15 is 0 Å². The van der Waals surface area contributed by atoms with Crippen LogP contribution in [0.15, 0.2) is 36.7 Å². The summed E-state index contributed by atoms with van der Waals surface area (Å²) in [7, 11) is 0. The topological polar surface area (TPSA) is 42.7 Å². The number of nitrogens with one attached hydrogen (secondary N) is 1. The Labute approximate surface area is 108 Å². The van der Waals surface area contributed by atoms with Gasteiger partial charge in [0.25, 0.3) is 0 Å². The lowest BCUT2D eigenvalue weighted by Gasteiger charge is -2.09. The minimum Gasteiger partial charge on any atom is -0.370 e. The lowest BCUT2D eigenvalue weighted by atomic mass is 10.3. The van der Waals surface area contributed by atoms with E-state index in [1.165, 1.54) is 12.1 Å². The lowest BCUT2D eigenvalue weighted by Crippen LogP contribution is -2.12. The van der Waals surface area contributed by atoms with Crippen molar-refractivity contribution in [3.8, 4) is 0 Å². The summed E-state index contributed by atoms with van der Waals surface area (Å²) in [6, 6.07) is 5.63. The van der Waals surface area contributed by atoms with Crippen LogP contribution in [0.3, 0.4) is 0 Å². The second-order valence-electron chi connectivity index (χ2n) is 3.96. The van der Waals surface area contributed by atoms with Crippen molar-refractivity contribution in [1.29, 1.82) is 0 Å². The van der Waals surface area contributed by atoms with E-state index in [0.29, 0.717) is 13.1 Å². The van der Waals surface area contributed by atoms with Gasteiger partial charge in [0.2, 0.25) is 0 Å². The zero-order valence-corrected chi connectivity index (χ0v) is 10.1. The number of nitrogens with zero attached hydrogens (tertiary/aromatic N) is 3. The molecule has 4 nitrogen and oxygen atoms in total. The van der Waals surface area contributed by atoms with Crippen LogP contribution < -0.4 is 5.32 Å². The van der Waals surface area contributed by atoms with Gasteiger partial charge in [0.05, 0.1) is 0 Å². The van der Waals surface area contributed by atoms with E-state index in [2.05, 4.69) is 15.4 Å². The van der Waals surface area contributed by atoms with Crippen LogP contribution in [0, 0.1) is 0 Å². The number of anilines is 1. The molecule has 2 aromatic rings. The van der Waals surface area contributed by atoms with Crippen molar-refractivity contribution in [2.75, 3.05) is 11.9 Å². The molecule has 0 radical (unpaired) electrons. The largest absolute Gasteiger partial charge is 0.433 e. The lowest BCUT2D eigenvalue weighted by molar-refractivity contribution is -0.141. The summed E-state index contributed by atoms with van der Waals surface area (Å²) in [5.74, 6) is 0.232. The molecule has 1 N–H and O–H groups in total. The molecule has 0 fully saturated rings. The number of alkyl halides is 3. The van der Waals surface area contributed by atoms with Crippen molar-refractivity contribution < 1.29 is 13.2 Å². The Morgan fingerprint density at radius 3 is 2.74 bits per heavy atom. The molecule has 2 rings (SSSR count). The van der Waals surface area contributed by atoms with E-state index in [9.17, 15) is 13.2 Å². The van der Waals surface area contributed by atoms with Gasteiger partial charge in [-0.3, -0.25) is 4.68 Å². The molecule has 0 saturated heterocycles. The Bertz CT molecular complexity index is 508. The molecule has 0 unspecified atom stereocenters. The van der Waals surface area contributed by atoms with E-state index < -0.39 is 11.9 Å². The van der Waals surface area contributed by atoms with Gasteiger partial charge in [0.1, 0.15) is 11.5 Å². The van der Waals surface area contributed by atoms with Crippen molar-refractivity contribution in [3.05, 3.63) is 42.4 Å². The molecular formula is C12H13F3N4. The standard InChI is InChI=1S/C12H13F3N4/c13-12(14,15)10-4-1-5-11(18-10)16-6-2-8-19-9-3-7-17-19/h1,3-5,7,9H,2,6,8H2,(H,16,18). The molecule has 0 bridgehead atoms. The van der Waals surface area contributed by atoms with E-state index in [1.807, 2.05) is 12.3 Å². The second kappa shape index (κ2) is 5.73. The minimum absolute atomic E-state index is 0.232. The first-order chi connectivity index (χ1) is 9.05. The van der Waals surface area contributed by atoms with Crippen molar-refractivity contribution in [2.24, 2.45) is 0 Å². The van der Waals surface area contributed by atoms with E-state index in [1.54, 1.807) is 10.9 Å². The fraction of sp³-hybridized carbons (Fsp3) is 0.333. The molecule has 0 spiro atoms. The van der Waals surface area contributed by atoms with E-state index in [-0.39, 0.29) is 5.82 Å². The highest BCUT2D eigenvalue weighted by Gasteiger charge is 2.32. The Morgan fingerprint density at radius 1 is 1.21 bits per heavy atom. The van der Waals surface area contributed by atoms with Crippen LogP contribution in [0.2, 0.25) is 0 Å². The third-order valence-corrected chi connectivity index (χ3v) is 2.47. The maximum Gasteiger partial charge on any atom is 0.433 e. The molecular weight excluding hydrogens is 257 g/mol. The van der Waals surface area contributed by atoms with E-state index in [0.717, 1.165) is 12.5 Å². The molecule has 19 heavy (non-hydrogen) atoms. The third kappa shape index (κ3) is 3.97. The van der Waals surface area contributed by atoms with Crippen LogP contribution in [-0.2, 0) is 12.7 Å². The highest BCUT2D eigenvalue weighted by Crippen LogP contribution is 2.28. The van der Waals surface area contributed by atoms with Crippen molar-refractivity contribution >= 4 is 5.82 Å². The number of halogens is 3. The van der Waals surface area contributed by atoms with Crippen LogP contribution in [-0.4, -0.2) is 21.3 Å². The van der Waals surface area contributed by atoms with Gasteiger partial charge in [-0.25, -0.2) is 4.98 Å². The molecule has 0 aliphatic rings. The first-order valence-corrected chi connectivity index (χ1v) is 5.81. The number of hydrogen-bond acceptors (Lipinski definition) is 3. The van der Waals surface area contributed by atoms with Crippen LogP contribution in [0.25, 0.3) is 0 Å². The van der Waals surface area contributed by atoms with Gasteiger partial charge >= 0.3 is 6.18 Å². The SMILES string of the molecule is FC(F)(F)c1cccc(NCCCn2cccn2)n1. The number of hydrogen-bond donors (Lipinski definition) is 1. The summed E-state index contributed by atoms with van der Waals surface area (Å²) in [5.41, 5.74) is -0.885. The van der Waals surface area contributed by atoms with Crippen LogP contribution >= 0.6 is 0 Å². The summed E-state index contributed by atoms with van der Waals surface area (Å²) in [5, 5.41) is 6.90. The Kier molecular flexibility index (Phi) is 4.03. The van der Waals surface area contributed by atoms with Gasteiger partial charge in [-0.15, -0.1) is 0 Å². The molecule has 7 heteroatoms. The summed E-state index contributed by atoms with van der Waals surface area (Å²) >= 11 is 0. The monoisotopic (exact) mass is 270 g/mol. The van der Waals surface area contributed by atoms with Crippen molar-refractivity contribution in [2.45, 2.75) is 19.1 Å². The van der Waals surface area contributed by atoms with Crippen LogP contribution in [0.4, 0.5) is 19.0 Å². The molecule has 0 aliphatic heterocycles. The number of rotatable bonds is 5. The highest BCUT2D eigenvalue weighted by molar-refractivity contribution is 5.35.